The Balaban J connectivity index is 1.54. The van der Waals surface area contributed by atoms with E-state index in [-0.39, 0.29) is 0 Å². The van der Waals surface area contributed by atoms with Crippen molar-refractivity contribution >= 4 is 30.2 Å². The van der Waals surface area contributed by atoms with Gasteiger partial charge in [0.05, 0.1) is 17.7 Å². The van der Waals surface area contributed by atoms with Crippen LogP contribution < -0.4 is 4.74 Å². The maximum Gasteiger partial charge on any atom is 0.347 e. The molecule has 0 saturated heterocycles. The van der Waals surface area contributed by atoms with Crippen LogP contribution in [0.5, 0.6) is 5.75 Å². The van der Waals surface area contributed by atoms with Gasteiger partial charge in [0.15, 0.2) is 6.10 Å². The summed E-state index contributed by atoms with van der Waals surface area (Å²) in [5, 5.41) is 0. The van der Waals surface area contributed by atoms with Crippen molar-refractivity contribution in [3.05, 3.63) is 102 Å². The summed E-state index contributed by atoms with van der Waals surface area (Å²) in [7, 11) is 0. The van der Waals surface area contributed by atoms with Gasteiger partial charge in [0, 0.05) is 12.5 Å². The predicted octanol–water partition coefficient (Wildman–Crippen LogP) is 8.16. The van der Waals surface area contributed by atoms with Crippen LogP contribution in [0.1, 0.15) is 104 Å². The molecule has 2 unspecified atom stereocenters. The average Bonchev–Trinajstić information content (AvgIpc) is 3.11. The number of ether oxygens (including phenoxy) is 4. The van der Waals surface area contributed by atoms with E-state index in [1.54, 1.807) is 72.8 Å². The lowest BCUT2D eigenvalue weighted by Crippen LogP contribution is -2.26. The molecular weight excluding hydrogens is 612 g/mol. The topological polar surface area (TPSA) is 122 Å². The van der Waals surface area contributed by atoms with E-state index in [0.29, 0.717) is 36.3 Å². The SMILES string of the molecule is C=CC(=O)OC(CCCCCCCC=O)c1ccc(C(=O)Oc2ccc(-c3ccc(C(=O)OC(C)C(=O)OCCCC)cc3)cc2)cc1. The first kappa shape index (κ1) is 37.4. The van der Waals surface area contributed by atoms with Gasteiger partial charge in [0.2, 0.25) is 0 Å². The molecule has 0 aromatic heterocycles. The van der Waals surface area contributed by atoms with Gasteiger partial charge in [0.25, 0.3) is 0 Å². The third-order valence-corrected chi connectivity index (χ3v) is 7.61. The van der Waals surface area contributed by atoms with E-state index in [0.717, 1.165) is 74.0 Å². The summed E-state index contributed by atoms with van der Waals surface area (Å²) in [5.41, 5.74) is 3.09. The molecule has 254 valence electrons. The van der Waals surface area contributed by atoms with E-state index in [1.165, 1.54) is 6.92 Å². The van der Waals surface area contributed by atoms with E-state index >= 15 is 0 Å². The highest BCUT2D eigenvalue weighted by Crippen LogP contribution is 2.27. The highest BCUT2D eigenvalue weighted by Gasteiger charge is 2.20. The number of aldehydes is 1. The lowest BCUT2D eigenvalue weighted by molar-refractivity contribution is -0.153. The Morgan fingerprint density at radius 3 is 1.94 bits per heavy atom. The number of esters is 4. The second kappa shape index (κ2) is 20.2. The summed E-state index contributed by atoms with van der Waals surface area (Å²) in [5.74, 6) is -1.88. The predicted molar refractivity (Wildman–Crippen MR) is 181 cm³/mol. The van der Waals surface area contributed by atoms with Crippen LogP contribution in [-0.2, 0) is 28.6 Å². The minimum Gasteiger partial charge on any atom is -0.463 e. The number of hydrogen-bond acceptors (Lipinski definition) is 9. The van der Waals surface area contributed by atoms with Crippen LogP contribution in [0.25, 0.3) is 11.1 Å². The zero-order chi connectivity index (χ0) is 34.7. The Hall–Kier alpha value is -5.05. The number of carbonyl (C=O) groups is 5. The van der Waals surface area contributed by atoms with Crippen molar-refractivity contribution in [2.45, 2.75) is 83.8 Å². The first-order chi connectivity index (χ1) is 23.2. The second-order valence-electron chi connectivity index (χ2n) is 11.3. The molecule has 0 saturated carbocycles. The molecule has 0 fully saturated rings. The fraction of sp³-hybridized carbons (Fsp3) is 0.359. The summed E-state index contributed by atoms with van der Waals surface area (Å²) < 4.78 is 21.5. The van der Waals surface area contributed by atoms with Gasteiger partial charge >= 0.3 is 23.9 Å². The van der Waals surface area contributed by atoms with Crippen molar-refractivity contribution in [2.24, 2.45) is 0 Å². The monoisotopic (exact) mass is 656 g/mol. The van der Waals surface area contributed by atoms with Crippen molar-refractivity contribution in [2.75, 3.05) is 6.61 Å². The zero-order valence-corrected chi connectivity index (χ0v) is 27.7. The molecule has 0 aliphatic carbocycles. The van der Waals surface area contributed by atoms with Crippen LogP contribution >= 0.6 is 0 Å². The van der Waals surface area contributed by atoms with Crippen LogP contribution in [0, 0.1) is 0 Å². The number of unbranched alkanes of at least 4 members (excludes halogenated alkanes) is 6. The molecule has 3 aromatic rings. The summed E-state index contributed by atoms with van der Waals surface area (Å²) in [6.45, 7) is 7.24. The third-order valence-electron chi connectivity index (χ3n) is 7.61. The lowest BCUT2D eigenvalue weighted by Gasteiger charge is -2.18. The van der Waals surface area contributed by atoms with Crippen molar-refractivity contribution in [3.63, 3.8) is 0 Å². The molecule has 0 N–H and O–H groups in total. The molecule has 9 heteroatoms. The highest BCUT2D eigenvalue weighted by molar-refractivity contribution is 5.92. The van der Waals surface area contributed by atoms with Gasteiger partial charge in [-0.3, -0.25) is 0 Å². The van der Waals surface area contributed by atoms with E-state index in [9.17, 15) is 24.0 Å². The molecule has 0 aliphatic rings. The number of benzene rings is 3. The molecule has 0 heterocycles. The van der Waals surface area contributed by atoms with Crippen molar-refractivity contribution in [1.29, 1.82) is 0 Å². The van der Waals surface area contributed by atoms with Crippen molar-refractivity contribution < 1.29 is 42.9 Å². The summed E-state index contributed by atoms with van der Waals surface area (Å²) in [4.78, 5) is 59.8. The van der Waals surface area contributed by atoms with Gasteiger partial charge in [-0.25, -0.2) is 19.2 Å². The molecule has 2 atom stereocenters. The Morgan fingerprint density at radius 1 is 0.729 bits per heavy atom. The van der Waals surface area contributed by atoms with E-state index in [4.69, 9.17) is 18.9 Å². The lowest BCUT2D eigenvalue weighted by atomic mass is 10.0. The molecule has 48 heavy (non-hydrogen) atoms. The zero-order valence-electron chi connectivity index (χ0n) is 27.7. The average molecular weight is 657 g/mol. The van der Waals surface area contributed by atoms with Gasteiger partial charge in [-0.1, -0.05) is 75.6 Å². The first-order valence-corrected chi connectivity index (χ1v) is 16.4. The maximum atomic E-state index is 12.9. The minimum atomic E-state index is -1.01. The van der Waals surface area contributed by atoms with Crippen molar-refractivity contribution in [3.8, 4) is 16.9 Å². The molecule has 0 aliphatic heterocycles. The molecule has 0 radical (unpaired) electrons. The van der Waals surface area contributed by atoms with Crippen LogP contribution in [0.2, 0.25) is 0 Å². The quantitative estimate of drug-likeness (QED) is 0.0296. The molecular formula is C39H44O9. The smallest absolute Gasteiger partial charge is 0.347 e. The standard InChI is InChI=1S/C39H44O9/c1-4-6-27-45-37(42)28(3)46-38(43)32-18-14-29(15-19-32)30-22-24-34(25-23-30)47-39(44)33-20-16-31(17-21-33)35(48-36(41)5-2)13-11-9-7-8-10-12-26-40/h5,14-26,28,35H,2,4,6-13,27H2,1,3H3. The van der Waals surface area contributed by atoms with Crippen molar-refractivity contribution in [1.82, 2.24) is 0 Å². The summed E-state index contributed by atoms with van der Waals surface area (Å²) in [6.07, 6.45) is 8.13. The number of rotatable bonds is 20. The molecule has 0 bridgehead atoms. The van der Waals surface area contributed by atoms with E-state index < -0.39 is 36.1 Å². The number of hydrogen-bond donors (Lipinski definition) is 0. The molecule has 9 nitrogen and oxygen atoms in total. The Labute approximate surface area is 282 Å². The molecule has 3 aromatic carbocycles. The molecule has 0 spiro atoms. The second-order valence-corrected chi connectivity index (χ2v) is 11.3. The van der Waals surface area contributed by atoms with Gasteiger partial charge in [-0.15, -0.1) is 0 Å². The maximum absolute atomic E-state index is 12.9. The van der Waals surface area contributed by atoms with Crippen LogP contribution in [0.4, 0.5) is 0 Å². The molecule has 3 rings (SSSR count). The van der Waals surface area contributed by atoms with Gasteiger partial charge in [-0.2, -0.15) is 0 Å². The fourth-order valence-corrected chi connectivity index (χ4v) is 4.79. The largest absolute Gasteiger partial charge is 0.463 e. The van der Waals surface area contributed by atoms with Gasteiger partial charge < -0.3 is 23.7 Å². The van der Waals surface area contributed by atoms with Crippen LogP contribution in [0.15, 0.2) is 85.5 Å². The number of carbonyl (C=O) groups excluding carboxylic acids is 5. The Bertz CT molecular complexity index is 1490. The van der Waals surface area contributed by atoms with Crippen LogP contribution in [0.3, 0.4) is 0 Å². The first-order valence-electron chi connectivity index (χ1n) is 16.4. The normalized spacial score (nSPS) is 11.9. The van der Waals surface area contributed by atoms with Crippen LogP contribution in [-0.4, -0.2) is 42.9 Å². The van der Waals surface area contributed by atoms with E-state index in [1.807, 2.05) is 6.92 Å². The van der Waals surface area contributed by atoms with Gasteiger partial charge in [-0.05, 0) is 85.7 Å². The van der Waals surface area contributed by atoms with E-state index in [2.05, 4.69) is 6.58 Å². The van der Waals surface area contributed by atoms with Gasteiger partial charge in [0.1, 0.15) is 18.1 Å². The third kappa shape index (κ3) is 12.3. The Kier molecular flexibility index (Phi) is 15.8. The highest BCUT2D eigenvalue weighted by atomic mass is 16.6. The fourth-order valence-electron chi connectivity index (χ4n) is 4.79. The summed E-state index contributed by atoms with van der Waals surface area (Å²) in [6, 6.07) is 20.5. The minimum absolute atomic E-state index is 0.293. The molecule has 0 amide bonds. The Morgan fingerprint density at radius 2 is 1.31 bits per heavy atom. The summed E-state index contributed by atoms with van der Waals surface area (Å²) >= 11 is 0.